The second-order valence-electron chi connectivity index (χ2n) is 4.36. The van der Waals surface area contributed by atoms with Crippen molar-refractivity contribution in [3.05, 3.63) is 30.5 Å². The molecule has 2 aromatic heterocycles. The minimum absolute atomic E-state index is 0.149. The third-order valence-corrected chi connectivity index (χ3v) is 4.21. The summed E-state index contributed by atoms with van der Waals surface area (Å²) in [7, 11) is -3.61. The van der Waals surface area contributed by atoms with Crippen LogP contribution in [0.15, 0.2) is 29.6 Å². The van der Waals surface area contributed by atoms with Gasteiger partial charge >= 0.3 is 0 Å². The molecule has 21 heavy (non-hydrogen) atoms. The number of pyridine rings is 1. The number of anilines is 1. The Kier molecular flexibility index (Phi) is 5.23. The maximum atomic E-state index is 12.3. The summed E-state index contributed by atoms with van der Waals surface area (Å²) in [6.07, 6.45) is 4.27. The standard InChI is InChI=1S/C12H18N6O2S/c1-2-6-13-12-10(4-3-7-14-12)21(19,20)17-8-5-11-15-9-16-18-11/h3-4,7,9,17H,2,5-6,8H2,1H3,(H,13,14)(H,15,16,18). The molecule has 0 fully saturated rings. The van der Waals surface area contributed by atoms with Gasteiger partial charge in [0.25, 0.3) is 0 Å². The molecule has 0 atom stereocenters. The fourth-order valence-electron chi connectivity index (χ4n) is 1.72. The highest BCUT2D eigenvalue weighted by molar-refractivity contribution is 7.89. The van der Waals surface area contributed by atoms with E-state index < -0.39 is 10.0 Å². The second-order valence-corrected chi connectivity index (χ2v) is 6.09. The lowest BCUT2D eigenvalue weighted by atomic mass is 10.4. The molecule has 0 unspecified atom stereocenters. The first-order valence-electron chi connectivity index (χ1n) is 6.66. The Hall–Kier alpha value is -2.00. The molecule has 9 heteroatoms. The Balaban J connectivity index is 2.04. The third-order valence-electron chi connectivity index (χ3n) is 2.72. The van der Waals surface area contributed by atoms with Gasteiger partial charge in [-0.2, -0.15) is 5.10 Å². The summed E-state index contributed by atoms with van der Waals surface area (Å²) in [5.74, 6) is 1.000. The molecule has 2 rings (SSSR count). The number of sulfonamides is 1. The van der Waals surface area contributed by atoms with Crippen LogP contribution in [0, 0.1) is 0 Å². The van der Waals surface area contributed by atoms with E-state index in [2.05, 4.69) is 30.2 Å². The Morgan fingerprint density at radius 3 is 2.86 bits per heavy atom. The van der Waals surface area contributed by atoms with E-state index >= 15 is 0 Å². The highest BCUT2D eigenvalue weighted by Crippen LogP contribution is 2.17. The highest BCUT2D eigenvalue weighted by atomic mass is 32.2. The Morgan fingerprint density at radius 2 is 2.14 bits per heavy atom. The first-order chi connectivity index (χ1) is 10.1. The van der Waals surface area contributed by atoms with Crippen LogP contribution >= 0.6 is 0 Å². The summed E-state index contributed by atoms with van der Waals surface area (Å²) in [5, 5.41) is 9.41. The highest BCUT2D eigenvalue weighted by Gasteiger charge is 2.18. The van der Waals surface area contributed by atoms with Crippen molar-refractivity contribution in [2.24, 2.45) is 0 Å². The predicted octanol–water partition coefficient (Wildman–Crippen LogP) is 0.543. The van der Waals surface area contributed by atoms with Crippen molar-refractivity contribution in [1.82, 2.24) is 24.9 Å². The van der Waals surface area contributed by atoms with Gasteiger partial charge in [-0.25, -0.2) is 23.1 Å². The molecule has 0 saturated carbocycles. The van der Waals surface area contributed by atoms with Gasteiger partial charge in [0.1, 0.15) is 22.9 Å². The summed E-state index contributed by atoms with van der Waals surface area (Å²) in [6.45, 7) is 2.90. The van der Waals surface area contributed by atoms with Crippen LogP contribution in [0.4, 0.5) is 5.82 Å². The average Bonchev–Trinajstić information content (AvgIpc) is 2.98. The topological polar surface area (TPSA) is 113 Å². The van der Waals surface area contributed by atoms with Gasteiger partial charge in [0.15, 0.2) is 0 Å². The lowest BCUT2D eigenvalue weighted by Gasteiger charge is -2.11. The maximum absolute atomic E-state index is 12.3. The number of nitrogens with one attached hydrogen (secondary N) is 3. The van der Waals surface area contributed by atoms with Crippen molar-refractivity contribution in [2.75, 3.05) is 18.4 Å². The molecule has 3 N–H and O–H groups in total. The van der Waals surface area contributed by atoms with E-state index in [1.54, 1.807) is 12.3 Å². The van der Waals surface area contributed by atoms with Crippen LogP contribution in [0.1, 0.15) is 19.2 Å². The van der Waals surface area contributed by atoms with Gasteiger partial charge < -0.3 is 5.32 Å². The molecule has 0 aromatic carbocycles. The lowest BCUT2D eigenvalue weighted by Crippen LogP contribution is -2.27. The summed E-state index contributed by atoms with van der Waals surface area (Å²) < 4.78 is 27.1. The smallest absolute Gasteiger partial charge is 0.244 e. The van der Waals surface area contributed by atoms with Crippen LogP contribution in [-0.2, 0) is 16.4 Å². The predicted molar refractivity (Wildman–Crippen MR) is 78.3 cm³/mol. The van der Waals surface area contributed by atoms with Crippen LogP contribution in [0.25, 0.3) is 0 Å². The van der Waals surface area contributed by atoms with Gasteiger partial charge in [-0.05, 0) is 18.6 Å². The van der Waals surface area contributed by atoms with Gasteiger partial charge in [0.2, 0.25) is 10.0 Å². The van der Waals surface area contributed by atoms with Crippen LogP contribution in [0.3, 0.4) is 0 Å². The number of aromatic amines is 1. The van der Waals surface area contributed by atoms with Crippen molar-refractivity contribution in [3.8, 4) is 0 Å². The Bertz CT molecular complexity index is 656. The SMILES string of the molecule is CCCNc1ncccc1S(=O)(=O)NCCc1ncn[nH]1. The van der Waals surface area contributed by atoms with E-state index in [9.17, 15) is 8.42 Å². The minimum atomic E-state index is -3.61. The number of H-pyrrole nitrogens is 1. The molecule has 0 spiro atoms. The van der Waals surface area contributed by atoms with Crippen LogP contribution in [0.5, 0.6) is 0 Å². The van der Waals surface area contributed by atoms with Crippen LogP contribution < -0.4 is 10.0 Å². The van der Waals surface area contributed by atoms with E-state index in [0.717, 1.165) is 6.42 Å². The molecular weight excluding hydrogens is 292 g/mol. The molecule has 0 aliphatic heterocycles. The zero-order valence-corrected chi connectivity index (χ0v) is 12.5. The molecular formula is C12H18N6O2S. The van der Waals surface area contributed by atoms with Gasteiger partial charge in [-0.3, -0.25) is 5.10 Å². The Morgan fingerprint density at radius 1 is 1.29 bits per heavy atom. The molecule has 0 saturated heterocycles. The largest absolute Gasteiger partial charge is 0.369 e. The fourth-order valence-corrected chi connectivity index (χ4v) is 2.88. The van der Waals surface area contributed by atoms with Gasteiger partial charge in [0.05, 0.1) is 0 Å². The second kappa shape index (κ2) is 7.14. The van der Waals surface area contributed by atoms with Crippen molar-refractivity contribution in [2.45, 2.75) is 24.7 Å². The first kappa shape index (κ1) is 15.4. The van der Waals surface area contributed by atoms with E-state index in [-0.39, 0.29) is 11.4 Å². The number of hydrogen-bond acceptors (Lipinski definition) is 6. The van der Waals surface area contributed by atoms with Crippen LogP contribution in [-0.4, -0.2) is 41.7 Å². The molecule has 0 bridgehead atoms. The summed E-state index contributed by atoms with van der Waals surface area (Å²) >= 11 is 0. The van der Waals surface area contributed by atoms with E-state index in [0.29, 0.717) is 24.6 Å². The van der Waals surface area contributed by atoms with Gasteiger partial charge in [-0.1, -0.05) is 6.92 Å². The Labute approximate surface area is 123 Å². The molecule has 0 amide bonds. The third kappa shape index (κ3) is 4.23. The number of hydrogen-bond donors (Lipinski definition) is 3. The maximum Gasteiger partial charge on any atom is 0.244 e. The zero-order chi connectivity index (χ0) is 15.1. The number of aromatic nitrogens is 4. The fraction of sp³-hybridized carbons (Fsp3) is 0.417. The first-order valence-corrected chi connectivity index (χ1v) is 8.14. The molecule has 2 aromatic rings. The molecule has 2 heterocycles. The normalized spacial score (nSPS) is 11.5. The van der Waals surface area contributed by atoms with Crippen molar-refractivity contribution >= 4 is 15.8 Å². The summed E-state index contributed by atoms with van der Waals surface area (Å²) in [6, 6.07) is 3.13. The van der Waals surface area contributed by atoms with E-state index in [1.807, 2.05) is 6.92 Å². The van der Waals surface area contributed by atoms with E-state index in [1.165, 1.54) is 12.4 Å². The average molecular weight is 310 g/mol. The van der Waals surface area contributed by atoms with Crippen molar-refractivity contribution in [3.63, 3.8) is 0 Å². The molecule has 0 aliphatic carbocycles. The lowest BCUT2D eigenvalue weighted by molar-refractivity contribution is 0.580. The number of rotatable bonds is 8. The van der Waals surface area contributed by atoms with Crippen molar-refractivity contribution in [1.29, 1.82) is 0 Å². The summed E-state index contributed by atoms with van der Waals surface area (Å²) in [4.78, 5) is 8.17. The van der Waals surface area contributed by atoms with Crippen molar-refractivity contribution < 1.29 is 8.42 Å². The minimum Gasteiger partial charge on any atom is -0.369 e. The molecule has 0 aliphatic rings. The summed E-state index contributed by atoms with van der Waals surface area (Å²) in [5.41, 5.74) is 0. The number of nitrogens with zero attached hydrogens (tertiary/aromatic N) is 3. The van der Waals surface area contributed by atoms with Gasteiger partial charge in [-0.15, -0.1) is 0 Å². The van der Waals surface area contributed by atoms with Gasteiger partial charge in [0, 0.05) is 25.7 Å². The molecule has 8 nitrogen and oxygen atoms in total. The monoisotopic (exact) mass is 310 g/mol. The molecule has 0 radical (unpaired) electrons. The quantitative estimate of drug-likeness (QED) is 0.656. The van der Waals surface area contributed by atoms with Crippen LogP contribution in [0.2, 0.25) is 0 Å². The zero-order valence-electron chi connectivity index (χ0n) is 11.7. The van der Waals surface area contributed by atoms with E-state index in [4.69, 9.17) is 0 Å². The molecule has 114 valence electrons.